The fourth-order valence-electron chi connectivity index (χ4n) is 1.90. The van der Waals surface area contributed by atoms with E-state index >= 15 is 0 Å². The summed E-state index contributed by atoms with van der Waals surface area (Å²) >= 11 is 0. The second kappa shape index (κ2) is 13.5. The number of hydrogen-bond acceptors (Lipinski definition) is 5. The minimum Gasteiger partial charge on any atom is -0.391 e. The first-order valence-electron chi connectivity index (χ1n) is 8.27. The molecule has 0 heterocycles. The van der Waals surface area contributed by atoms with E-state index in [0.717, 1.165) is 38.5 Å². The highest BCUT2D eigenvalue weighted by Gasteiger charge is 2.37. The highest BCUT2D eigenvalue weighted by molar-refractivity contribution is 4.75. The summed E-state index contributed by atoms with van der Waals surface area (Å²) < 4.78 is 16.6. The Labute approximate surface area is 129 Å². The molecule has 128 valence electrons. The first kappa shape index (κ1) is 20.8. The molecule has 0 aliphatic rings. The Hall–Kier alpha value is -0.200. The van der Waals surface area contributed by atoms with E-state index in [-0.39, 0.29) is 6.61 Å². The third-order valence-electron chi connectivity index (χ3n) is 3.42. The van der Waals surface area contributed by atoms with Crippen LogP contribution in [0.2, 0.25) is 0 Å². The van der Waals surface area contributed by atoms with E-state index in [9.17, 15) is 10.2 Å². The van der Waals surface area contributed by atoms with E-state index in [1.165, 1.54) is 0 Å². The van der Waals surface area contributed by atoms with Gasteiger partial charge in [-0.25, -0.2) is 0 Å². The molecule has 0 rings (SSSR count). The van der Waals surface area contributed by atoms with Crippen molar-refractivity contribution >= 4 is 0 Å². The lowest BCUT2D eigenvalue weighted by Gasteiger charge is -2.34. The second-order valence-electron chi connectivity index (χ2n) is 5.37. The third-order valence-corrected chi connectivity index (χ3v) is 3.42. The molecule has 5 heteroatoms. The van der Waals surface area contributed by atoms with Crippen molar-refractivity contribution in [3.8, 4) is 0 Å². The van der Waals surface area contributed by atoms with Gasteiger partial charge < -0.3 is 24.4 Å². The molecular weight excluding hydrogens is 272 g/mol. The zero-order chi connectivity index (χ0) is 16.0. The normalized spacial score (nSPS) is 15.9. The zero-order valence-electron chi connectivity index (χ0n) is 14.0. The van der Waals surface area contributed by atoms with Crippen molar-refractivity contribution in [3.63, 3.8) is 0 Å². The Bertz CT molecular complexity index is 223. The average Bonchev–Trinajstić information content (AvgIpc) is 2.48. The summed E-state index contributed by atoms with van der Waals surface area (Å²) in [4.78, 5) is 0. The molecule has 0 aromatic heterocycles. The van der Waals surface area contributed by atoms with Gasteiger partial charge in [0.15, 0.2) is 0 Å². The zero-order valence-corrected chi connectivity index (χ0v) is 14.0. The van der Waals surface area contributed by atoms with Crippen molar-refractivity contribution in [2.24, 2.45) is 0 Å². The van der Waals surface area contributed by atoms with Gasteiger partial charge in [-0.3, -0.25) is 0 Å². The quantitative estimate of drug-likeness (QED) is 0.359. The fourth-order valence-corrected chi connectivity index (χ4v) is 1.90. The van der Waals surface area contributed by atoms with Crippen molar-refractivity contribution in [2.45, 2.75) is 71.2 Å². The number of aliphatic hydroxyl groups excluding tert-OH is 2. The van der Waals surface area contributed by atoms with Gasteiger partial charge in [0, 0.05) is 6.61 Å². The van der Waals surface area contributed by atoms with Gasteiger partial charge in [-0.2, -0.15) is 0 Å². The standard InChI is InChI=1S/C16H34O5/c1-4-6-8-9-11-20-16(14-17,15(3)18)21-13-12-19-10-7-5-2/h15,17-18H,4-14H2,1-3H3. The molecule has 5 nitrogen and oxygen atoms in total. The third kappa shape index (κ3) is 9.42. The van der Waals surface area contributed by atoms with Crippen LogP contribution < -0.4 is 0 Å². The van der Waals surface area contributed by atoms with Crippen molar-refractivity contribution in [2.75, 3.05) is 33.0 Å². The van der Waals surface area contributed by atoms with E-state index in [2.05, 4.69) is 13.8 Å². The molecule has 0 saturated carbocycles. The van der Waals surface area contributed by atoms with Gasteiger partial charge in [0.05, 0.1) is 26.4 Å². The number of ether oxygens (including phenoxy) is 3. The summed E-state index contributed by atoms with van der Waals surface area (Å²) in [5, 5.41) is 19.4. The van der Waals surface area contributed by atoms with Gasteiger partial charge in [-0.15, -0.1) is 0 Å². The first-order valence-corrected chi connectivity index (χ1v) is 8.27. The van der Waals surface area contributed by atoms with Crippen LogP contribution in [0.4, 0.5) is 0 Å². The highest BCUT2D eigenvalue weighted by atomic mass is 16.7. The molecule has 2 unspecified atom stereocenters. The number of hydrogen-bond donors (Lipinski definition) is 2. The molecule has 2 atom stereocenters. The Morgan fingerprint density at radius 3 is 2.10 bits per heavy atom. The number of rotatable bonds is 15. The van der Waals surface area contributed by atoms with Crippen LogP contribution in [0.3, 0.4) is 0 Å². The minimum atomic E-state index is -1.33. The van der Waals surface area contributed by atoms with Crippen molar-refractivity contribution < 1.29 is 24.4 Å². The Morgan fingerprint density at radius 1 is 0.857 bits per heavy atom. The van der Waals surface area contributed by atoms with Gasteiger partial charge in [0.2, 0.25) is 5.79 Å². The predicted octanol–water partition coefficient (Wildman–Crippen LogP) is 2.49. The van der Waals surface area contributed by atoms with E-state index in [1.54, 1.807) is 6.92 Å². The summed E-state index contributed by atoms with van der Waals surface area (Å²) in [6.45, 7) is 7.37. The van der Waals surface area contributed by atoms with Crippen LogP contribution in [0.25, 0.3) is 0 Å². The molecule has 0 radical (unpaired) electrons. The van der Waals surface area contributed by atoms with Crippen LogP contribution in [0.5, 0.6) is 0 Å². The summed E-state index contributed by atoms with van der Waals surface area (Å²) in [5.74, 6) is -1.33. The fraction of sp³-hybridized carbons (Fsp3) is 1.00. The van der Waals surface area contributed by atoms with Gasteiger partial charge in [0.1, 0.15) is 6.10 Å². The maximum atomic E-state index is 9.86. The first-order chi connectivity index (χ1) is 10.1. The maximum absolute atomic E-state index is 9.86. The van der Waals surface area contributed by atoms with Gasteiger partial charge in [-0.05, 0) is 19.8 Å². The van der Waals surface area contributed by atoms with Crippen LogP contribution in [-0.4, -0.2) is 55.1 Å². The average molecular weight is 306 g/mol. The molecule has 0 spiro atoms. The molecule has 0 aliphatic carbocycles. The van der Waals surface area contributed by atoms with Crippen LogP contribution in [0.15, 0.2) is 0 Å². The largest absolute Gasteiger partial charge is 0.391 e. The molecule has 0 fully saturated rings. The van der Waals surface area contributed by atoms with Crippen molar-refractivity contribution in [1.82, 2.24) is 0 Å². The monoisotopic (exact) mass is 306 g/mol. The Kier molecular flexibility index (Phi) is 13.3. The van der Waals surface area contributed by atoms with Crippen LogP contribution in [0, 0.1) is 0 Å². The molecule has 0 aromatic rings. The van der Waals surface area contributed by atoms with Crippen LogP contribution >= 0.6 is 0 Å². The molecule has 0 saturated heterocycles. The molecule has 0 aliphatic heterocycles. The summed E-state index contributed by atoms with van der Waals surface area (Å²) in [6, 6.07) is 0. The van der Waals surface area contributed by atoms with Gasteiger partial charge >= 0.3 is 0 Å². The van der Waals surface area contributed by atoms with Crippen LogP contribution in [-0.2, 0) is 14.2 Å². The molecule has 2 N–H and O–H groups in total. The number of aliphatic hydroxyl groups is 2. The topological polar surface area (TPSA) is 68.2 Å². The second-order valence-corrected chi connectivity index (χ2v) is 5.37. The molecule has 0 aromatic carbocycles. The number of unbranched alkanes of at least 4 members (excludes halogenated alkanes) is 4. The lowest BCUT2D eigenvalue weighted by molar-refractivity contribution is -0.297. The van der Waals surface area contributed by atoms with Gasteiger partial charge in [-0.1, -0.05) is 39.5 Å². The predicted molar refractivity (Wildman–Crippen MR) is 83.3 cm³/mol. The highest BCUT2D eigenvalue weighted by Crippen LogP contribution is 2.19. The summed E-state index contributed by atoms with van der Waals surface area (Å²) in [7, 11) is 0. The SMILES string of the molecule is CCCCCCOC(CO)(OCCOCCCC)C(C)O. The lowest BCUT2D eigenvalue weighted by Crippen LogP contribution is -2.50. The smallest absolute Gasteiger partial charge is 0.218 e. The van der Waals surface area contributed by atoms with Crippen molar-refractivity contribution in [3.05, 3.63) is 0 Å². The molecule has 0 bridgehead atoms. The van der Waals surface area contributed by atoms with E-state index in [4.69, 9.17) is 14.2 Å². The summed E-state index contributed by atoms with van der Waals surface area (Å²) in [5.41, 5.74) is 0. The van der Waals surface area contributed by atoms with E-state index < -0.39 is 11.9 Å². The van der Waals surface area contributed by atoms with E-state index in [0.29, 0.717) is 26.4 Å². The lowest BCUT2D eigenvalue weighted by atomic mass is 10.1. The maximum Gasteiger partial charge on any atom is 0.218 e. The molecule has 0 amide bonds. The van der Waals surface area contributed by atoms with Gasteiger partial charge in [0.25, 0.3) is 0 Å². The summed E-state index contributed by atoms with van der Waals surface area (Å²) in [6.07, 6.45) is 5.52. The van der Waals surface area contributed by atoms with E-state index in [1.807, 2.05) is 0 Å². The Morgan fingerprint density at radius 2 is 1.52 bits per heavy atom. The minimum absolute atomic E-state index is 0.296. The van der Waals surface area contributed by atoms with Crippen molar-refractivity contribution in [1.29, 1.82) is 0 Å². The molecule has 21 heavy (non-hydrogen) atoms. The Balaban J connectivity index is 4.04. The molecular formula is C16H34O5. The van der Waals surface area contributed by atoms with Crippen LogP contribution in [0.1, 0.15) is 59.3 Å².